The maximum atomic E-state index is 14.5. The molecule has 0 spiro atoms. The molecule has 35 heavy (non-hydrogen) atoms. The van der Waals surface area contributed by atoms with E-state index in [0.717, 1.165) is 24.3 Å². The van der Waals surface area contributed by atoms with Gasteiger partial charge >= 0.3 is 6.11 Å². The molecule has 6 heteroatoms. The molecule has 1 nitrogen and oxygen atoms in total. The first-order valence-electron chi connectivity index (χ1n) is 13.1. The molecule has 1 aliphatic rings. The van der Waals surface area contributed by atoms with Crippen LogP contribution in [0.4, 0.5) is 22.0 Å². The first-order valence-corrected chi connectivity index (χ1v) is 13.1. The van der Waals surface area contributed by atoms with Crippen LogP contribution in [-0.4, -0.2) is 0 Å². The van der Waals surface area contributed by atoms with Crippen LogP contribution in [0, 0.1) is 29.3 Å². The smallest absolute Gasteiger partial charge is 0.426 e. The Morgan fingerprint density at radius 2 is 1.31 bits per heavy atom. The molecule has 0 amide bonds. The highest BCUT2D eigenvalue weighted by Crippen LogP contribution is 2.35. The highest BCUT2D eigenvalue weighted by molar-refractivity contribution is 5.29. The number of benzene rings is 2. The second-order valence-electron chi connectivity index (χ2n) is 10.00. The van der Waals surface area contributed by atoms with Crippen LogP contribution in [0.5, 0.6) is 5.75 Å². The van der Waals surface area contributed by atoms with E-state index in [-0.39, 0.29) is 0 Å². The SMILES string of the molecule is CCCCCCCC[C@H]1CC[C@H](CCc2ccc(C(F)(F)Oc3cc(F)c(F)c(F)c3)cc2)CC1. The monoisotopic (exact) mass is 496 g/mol. The Hall–Kier alpha value is -2.11. The Labute approximate surface area is 206 Å². The van der Waals surface area contributed by atoms with E-state index < -0.39 is 34.9 Å². The average Bonchev–Trinajstić information content (AvgIpc) is 2.84. The molecular weight excluding hydrogens is 459 g/mol. The van der Waals surface area contributed by atoms with Gasteiger partial charge in [-0.2, -0.15) is 8.78 Å². The summed E-state index contributed by atoms with van der Waals surface area (Å²) >= 11 is 0. The topological polar surface area (TPSA) is 9.23 Å². The summed E-state index contributed by atoms with van der Waals surface area (Å²) in [6.45, 7) is 2.24. The van der Waals surface area contributed by atoms with Crippen molar-refractivity contribution >= 4 is 0 Å². The van der Waals surface area contributed by atoms with Gasteiger partial charge in [0, 0.05) is 12.1 Å². The molecule has 2 aromatic rings. The number of ether oxygens (including phenoxy) is 1. The summed E-state index contributed by atoms with van der Waals surface area (Å²) in [5.74, 6) is -4.12. The largest absolute Gasteiger partial charge is 0.429 e. The molecule has 1 aliphatic carbocycles. The summed E-state index contributed by atoms with van der Waals surface area (Å²) in [4.78, 5) is 0. The molecule has 0 aromatic heterocycles. The fourth-order valence-corrected chi connectivity index (χ4v) is 5.06. The minimum absolute atomic E-state index is 0.406. The van der Waals surface area contributed by atoms with Gasteiger partial charge in [0.25, 0.3) is 0 Å². The molecule has 2 aromatic carbocycles. The third kappa shape index (κ3) is 8.50. The number of halogens is 5. The van der Waals surface area contributed by atoms with E-state index in [2.05, 4.69) is 11.7 Å². The average molecular weight is 497 g/mol. The van der Waals surface area contributed by atoms with Crippen LogP contribution in [0.1, 0.15) is 95.1 Å². The van der Waals surface area contributed by atoms with Crippen molar-refractivity contribution in [2.75, 3.05) is 0 Å². The molecule has 0 aliphatic heterocycles. The summed E-state index contributed by atoms with van der Waals surface area (Å²) in [7, 11) is 0. The molecule has 1 saturated carbocycles. The molecule has 0 N–H and O–H groups in total. The van der Waals surface area contributed by atoms with Gasteiger partial charge < -0.3 is 4.74 Å². The number of unbranched alkanes of at least 4 members (excludes halogenated alkanes) is 5. The molecule has 0 radical (unpaired) electrons. The lowest BCUT2D eigenvalue weighted by atomic mass is 9.77. The van der Waals surface area contributed by atoms with Crippen LogP contribution in [0.2, 0.25) is 0 Å². The summed E-state index contributed by atoms with van der Waals surface area (Å²) in [5.41, 5.74) is 0.541. The van der Waals surface area contributed by atoms with Gasteiger partial charge in [-0.1, -0.05) is 89.7 Å². The minimum Gasteiger partial charge on any atom is -0.429 e. The van der Waals surface area contributed by atoms with E-state index >= 15 is 0 Å². The number of hydrogen-bond acceptors (Lipinski definition) is 1. The van der Waals surface area contributed by atoms with Crippen LogP contribution < -0.4 is 4.74 Å². The number of rotatable bonds is 13. The summed E-state index contributed by atoms with van der Waals surface area (Å²) < 4.78 is 73.0. The molecule has 0 unspecified atom stereocenters. The summed E-state index contributed by atoms with van der Waals surface area (Å²) in [6.07, 6.45) is 12.6. The number of hydrogen-bond donors (Lipinski definition) is 0. The molecule has 3 rings (SSSR count). The van der Waals surface area contributed by atoms with Gasteiger partial charge in [-0.15, -0.1) is 0 Å². The lowest BCUT2D eigenvalue weighted by molar-refractivity contribution is -0.185. The quantitative estimate of drug-likeness (QED) is 0.152. The van der Waals surface area contributed by atoms with Crippen molar-refractivity contribution in [3.05, 3.63) is 65.0 Å². The van der Waals surface area contributed by atoms with Crippen LogP contribution in [-0.2, 0) is 12.5 Å². The van der Waals surface area contributed by atoms with Gasteiger partial charge in [0.1, 0.15) is 5.75 Å². The number of alkyl halides is 2. The zero-order chi connectivity index (χ0) is 25.3. The second kappa shape index (κ2) is 13.3. The molecule has 194 valence electrons. The third-order valence-corrected chi connectivity index (χ3v) is 7.27. The number of aryl methyl sites for hydroxylation is 1. The van der Waals surface area contributed by atoms with Crippen molar-refractivity contribution in [3.8, 4) is 5.75 Å². The van der Waals surface area contributed by atoms with E-state index in [1.807, 2.05) is 0 Å². The fraction of sp³-hybridized carbons (Fsp3) is 0.586. The summed E-state index contributed by atoms with van der Waals surface area (Å²) in [6, 6.07) is 6.63. The first kappa shape index (κ1) is 27.5. The van der Waals surface area contributed by atoms with Crippen molar-refractivity contribution < 1.29 is 26.7 Å². The van der Waals surface area contributed by atoms with Gasteiger partial charge in [-0.25, -0.2) is 13.2 Å². The van der Waals surface area contributed by atoms with Crippen molar-refractivity contribution in [1.29, 1.82) is 0 Å². The maximum Gasteiger partial charge on any atom is 0.426 e. The minimum atomic E-state index is -3.80. The van der Waals surface area contributed by atoms with Gasteiger partial charge in [-0.05, 0) is 42.4 Å². The first-order chi connectivity index (χ1) is 16.8. The Kier molecular flexibility index (Phi) is 10.4. The van der Waals surface area contributed by atoms with Crippen LogP contribution >= 0.6 is 0 Å². The molecule has 0 saturated heterocycles. The van der Waals surface area contributed by atoms with Crippen molar-refractivity contribution in [2.24, 2.45) is 11.8 Å². The van der Waals surface area contributed by atoms with Gasteiger partial charge in [0.15, 0.2) is 17.5 Å². The highest BCUT2D eigenvalue weighted by Gasteiger charge is 2.35. The summed E-state index contributed by atoms with van der Waals surface area (Å²) in [5, 5.41) is 0. The highest BCUT2D eigenvalue weighted by atomic mass is 19.3. The Morgan fingerprint density at radius 1 is 0.771 bits per heavy atom. The molecule has 0 atom stereocenters. The van der Waals surface area contributed by atoms with Crippen molar-refractivity contribution in [2.45, 2.75) is 96.5 Å². The second-order valence-corrected chi connectivity index (χ2v) is 10.00. The van der Waals surface area contributed by atoms with E-state index in [4.69, 9.17) is 0 Å². The Morgan fingerprint density at radius 3 is 1.91 bits per heavy atom. The Balaban J connectivity index is 1.40. The predicted molar refractivity (Wildman–Crippen MR) is 129 cm³/mol. The van der Waals surface area contributed by atoms with E-state index in [1.165, 1.54) is 82.8 Å². The molecule has 0 heterocycles. The van der Waals surface area contributed by atoms with Gasteiger partial charge in [0.2, 0.25) is 0 Å². The zero-order valence-corrected chi connectivity index (χ0v) is 20.6. The molecule has 1 fully saturated rings. The van der Waals surface area contributed by atoms with Crippen LogP contribution in [0.3, 0.4) is 0 Å². The molecule has 0 bridgehead atoms. The van der Waals surface area contributed by atoms with E-state index in [1.54, 1.807) is 12.1 Å². The van der Waals surface area contributed by atoms with Gasteiger partial charge in [-0.3, -0.25) is 0 Å². The van der Waals surface area contributed by atoms with Crippen LogP contribution in [0.15, 0.2) is 36.4 Å². The van der Waals surface area contributed by atoms with Gasteiger partial charge in [0.05, 0.1) is 5.56 Å². The van der Waals surface area contributed by atoms with Crippen molar-refractivity contribution in [3.63, 3.8) is 0 Å². The maximum absolute atomic E-state index is 14.5. The zero-order valence-electron chi connectivity index (χ0n) is 20.6. The Bertz CT molecular complexity index is 881. The lowest BCUT2D eigenvalue weighted by Crippen LogP contribution is -2.22. The normalized spacial score (nSPS) is 18.6. The molecular formula is C29H37F5O. The fourth-order valence-electron chi connectivity index (χ4n) is 5.06. The van der Waals surface area contributed by atoms with Crippen molar-refractivity contribution in [1.82, 2.24) is 0 Å². The van der Waals surface area contributed by atoms with E-state index in [9.17, 15) is 22.0 Å². The van der Waals surface area contributed by atoms with Crippen LogP contribution in [0.25, 0.3) is 0 Å². The van der Waals surface area contributed by atoms with E-state index in [0.29, 0.717) is 18.1 Å². The third-order valence-electron chi connectivity index (χ3n) is 7.27. The standard InChI is InChI=1S/C29H37F5O/c1-2-3-4-5-6-7-8-21-9-11-22(12-10-21)13-14-23-15-17-24(18-16-23)29(33,34)35-25-19-26(30)28(32)27(31)20-25/h15-22H,2-14H2,1H3/t21-,22-. The predicted octanol–water partition coefficient (Wildman–Crippen LogP) is 9.72. The lowest BCUT2D eigenvalue weighted by Gasteiger charge is -2.28.